The molecule has 1 N–H and O–H groups in total. The van der Waals surface area contributed by atoms with Gasteiger partial charge in [-0.25, -0.2) is 0 Å². The summed E-state index contributed by atoms with van der Waals surface area (Å²) in [7, 11) is 0. The second-order valence-corrected chi connectivity index (χ2v) is 7.51. The molecule has 1 saturated heterocycles. The SMILES string of the molecule is O=C(O)C1CCN(C(c2ccc(Br)cc2)c2cccs2)CC1. The van der Waals surface area contributed by atoms with Crippen LogP contribution >= 0.6 is 27.3 Å². The van der Waals surface area contributed by atoms with Crippen LogP contribution in [0.15, 0.2) is 46.3 Å². The number of thiophene rings is 1. The third-order valence-electron chi connectivity index (χ3n) is 4.24. The van der Waals surface area contributed by atoms with Crippen LogP contribution < -0.4 is 0 Å². The summed E-state index contributed by atoms with van der Waals surface area (Å²) in [5, 5.41) is 11.3. The molecule has 1 unspecified atom stereocenters. The standard InChI is InChI=1S/C17H18BrNO2S/c18-14-5-3-12(4-6-14)16(15-2-1-11-22-15)19-9-7-13(8-10-19)17(20)21/h1-6,11,13,16H,7-10H2,(H,20,21). The number of carboxylic acids is 1. The Kier molecular flexibility index (Phi) is 4.96. The molecule has 1 atom stereocenters. The Bertz CT molecular complexity index is 619. The van der Waals surface area contributed by atoms with E-state index in [1.165, 1.54) is 10.4 Å². The third-order valence-corrected chi connectivity index (χ3v) is 5.70. The number of hydrogen-bond acceptors (Lipinski definition) is 3. The predicted molar refractivity (Wildman–Crippen MR) is 92.2 cm³/mol. The highest BCUT2D eigenvalue weighted by molar-refractivity contribution is 9.10. The van der Waals surface area contributed by atoms with E-state index in [1.807, 2.05) is 0 Å². The van der Waals surface area contributed by atoms with E-state index >= 15 is 0 Å². The van der Waals surface area contributed by atoms with Crippen LogP contribution in [-0.2, 0) is 4.79 Å². The Hall–Kier alpha value is -1.17. The quantitative estimate of drug-likeness (QED) is 0.855. The number of carbonyl (C=O) groups is 1. The Labute approximate surface area is 142 Å². The molecular formula is C17H18BrNO2S. The molecule has 116 valence electrons. The molecule has 3 nitrogen and oxygen atoms in total. The Balaban J connectivity index is 1.84. The molecule has 2 aromatic rings. The fourth-order valence-corrected chi connectivity index (χ4v) is 4.20. The minimum absolute atomic E-state index is 0.190. The molecule has 1 fully saturated rings. The highest BCUT2D eigenvalue weighted by Crippen LogP contribution is 2.35. The van der Waals surface area contributed by atoms with Crippen molar-refractivity contribution in [3.05, 3.63) is 56.7 Å². The van der Waals surface area contributed by atoms with E-state index in [9.17, 15) is 9.90 Å². The molecule has 0 aliphatic carbocycles. The van der Waals surface area contributed by atoms with E-state index in [2.05, 4.69) is 62.6 Å². The highest BCUT2D eigenvalue weighted by Gasteiger charge is 2.30. The van der Waals surface area contributed by atoms with Crippen LogP contribution in [0.25, 0.3) is 0 Å². The van der Waals surface area contributed by atoms with Gasteiger partial charge in [-0.1, -0.05) is 34.1 Å². The number of carboxylic acid groups (broad SMARTS) is 1. The molecule has 1 aliphatic heterocycles. The first-order valence-electron chi connectivity index (χ1n) is 7.41. The lowest BCUT2D eigenvalue weighted by atomic mass is 9.94. The van der Waals surface area contributed by atoms with Gasteiger partial charge in [0.05, 0.1) is 12.0 Å². The van der Waals surface area contributed by atoms with Gasteiger partial charge in [0.25, 0.3) is 0 Å². The van der Waals surface area contributed by atoms with Crippen molar-refractivity contribution in [2.45, 2.75) is 18.9 Å². The summed E-state index contributed by atoms with van der Waals surface area (Å²) in [6.07, 6.45) is 1.46. The summed E-state index contributed by atoms with van der Waals surface area (Å²) in [6.45, 7) is 1.66. The van der Waals surface area contributed by atoms with Crippen LogP contribution in [0.4, 0.5) is 0 Å². The van der Waals surface area contributed by atoms with Crippen molar-refractivity contribution < 1.29 is 9.90 Å². The van der Waals surface area contributed by atoms with Gasteiger partial charge >= 0.3 is 5.97 Å². The molecule has 0 spiro atoms. The summed E-state index contributed by atoms with van der Waals surface area (Å²) in [5.41, 5.74) is 1.26. The van der Waals surface area contributed by atoms with Crippen molar-refractivity contribution in [1.82, 2.24) is 4.90 Å². The van der Waals surface area contributed by atoms with Crippen LogP contribution in [0.5, 0.6) is 0 Å². The molecular weight excluding hydrogens is 362 g/mol. The minimum atomic E-state index is -0.657. The van der Waals surface area contributed by atoms with E-state index in [4.69, 9.17) is 0 Å². The Morgan fingerprint density at radius 1 is 1.23 bits per heavy atom. The molecule has 0 bridgehead atoms. The van der Waals surface area contributed by atoms with Gasteiger partial charge in [0.1, 0.15) is 0 Å². The van der Waals surface area contributed by atoms with Gasteiger partial charge in [-0.3, -0.25) is 9.69 Å². The molecule has 22 heavy (non-hydrogen) atoms. The lowest BCUT2D eigenvalue weighted by Gasteiger charge is -2.36. The van der Waals surface area contributed by atoms with Crippen LogP contribution in [0, 0.1) is 5.92 Å². The third kappa shape index (κ3) is 3.42. The van der Waals surface area contributed by atoms with Crippen molar-refractivity contribution in [1.29, 1.82) is 0 Å². The van der Waals surface area contributed by atoms with Crippen LogP contribution in [0.2, 0.25) is 0 Å². The molecule has 5 heteroatoms. The summed E-state index contributed by atoms with van der Waals surface area (Å²) in [4.78, 5) is 14.9. The van der Waals surface area contributed by atoms with Gasteiger partial charge in [-0.15, -0.1) is 11.3 Å². The van der Waals surface area contributed by atoms with Crippen LogP contribution in [-0.4, -0.2) is 29.1 Å². The lowest BCUT2D eigenvalue weighted by Crippen LogP contribution is -2.39. The molecule has 1 aromatic heterocycles. The number of rotatable bonds is 4. The first-order valence-corrected chi connectivity index (χ1v) is 9.08. The van der Waals surface area contributed by atoms with Crippen LogP contribution in [0.3, 0.4) is 0 Å². The number of likely N-dealkylation sites (tertiary alicyclic amines) is 1. The average Bonchev–Trinajstić information content (AvgIpc) is 3.04. The number of hydrogen-bond donors (Lipinski definition) is 1. The summed E-state index contributed by atoms with van der Waals surface area (Å²) in [5.74, 6) is -0.846. The van der Waals surface area contributed by atoms with E-state index < -0.39 is 5.97 Å². The zero-order valence-corrected chi connectivity index (χ0v) is 14.5. The van der Waals surface area contributed by atoms with Crippen LogP contribution in [0.1, 0.15) is 29.3 Å². The Morgan fingerprint density at radius 2 is 1.91 bits per heavy atom. The van der Waals surface area contributed by atoms with E-state index in [-0.39, 0.29) is 12.0 Å². The second kappa shape index (κ2) is 6.94. The fraction of sp³-hybridized carbons (Fsp3) is 0.353. The zero-order chi connectivity index (χ0) is 15.5. The summed E-state index contributed by atoms with van der Waals surface area (Å²) >= 11 is 5.25. The first kappa shape index (κ1) is 15.7. The minimum Gasteiger partial charge on any atom is -0.481 e. The summed E-state index contributed by atoms with van der Waals surface area (Å²) in [6, 6.07) is 12.9. The van der Waals surface area contributed by atoms with Crippen molar-refractivity contribution in [3.8, 4) is 0 Å². The smallest absolute Gasteiger partial charge is 0.306 e. The van der Waals surface area contributed by atoms with Gasteiger partial charge in [-0.2, -0.15) is 0 Å². The topological polar surface area (TPSA) is 40.5 Å². The summed E-state index contributed by atoms with van der Waals surface area (Å²) < 4.78 is 1.07. The van der Waals surface area contributed by atoms with Crippen molar-refractivity contribution in [3.63, 3.8) is 0 Å². The molecule has 0 radical (unpaired) electrons. The van der Waals surface area contributed by atoms with Crippen molar-refractivity contribution in [2.75, 3.05) is 13.1 Å². The maximum absolute atomic E-state index is 11.1. The zero-order valence-electron chi connectivity index (χ0n) is 12.1. The maximum atomic E-state index is 11.1. The fourth-order valence-electron chi connectivity index (χ4n) is 3.05. The average molecular weight is 380 g/mol. The number of halogens is 1. The molecule has 0 saturated carbocycles. The number of piperidine rings is 1. The monoisotopic (exact) mass is 379 g/mol. The maximum Gasteiger partial charge on any atom is 0.306 e. The van der Waals surface area contributed by atoms with Gasteiger partial charge < -0.3 is 5.11 Å². The van der Waals surface area contributed by atoms with E-state index in [0.29, 0.717) is 0 Å². The van der Waals surface area contributed by atoms with Gasteiger partial charge in [0, 0.05) is 9.35 Å². The van der Waals surface area contributed by atoms with Crippen molar-refractivity contribution >= 4 is 33.2 Å². The molecule has 1 aliphatic rings. The predicted octanol–water partition coefficient (Wildman–Crippen LogP) is 4.40. The lowest BCUT2D eigenvalue weighted by molar-refractivity contribution is -0.143. The normalized spacial score (nSPS) is 18.2. The molecule has 2 heterocycles. The van der Waals surface area contributed by atoms with E-state index in [0.717, 1.165) is 30.4 Å². The molecule has 1 aromatic carbocycles. The first-order chi connectivity index (χ1) is 10.6. The van der Waals surface area contributed by atoms with Gasteiger partial charge in [0.15, 0.2) is 0 Å². The Morgan fingerprint density at radius 3 is 2.45 bits per heavy atom. The molecule has 0 amide bonds. The number of benzene rings is 1. The van der Waals surface area contributed by atoms with E-state index in [1.54, 1.807) is 11.3 Å². The van der Waals surface area contributed by atoms with Gasteiger partial charge in [0.2, 0.25) is 0 Å². The second-order valence-electron chi connectivity index (χ2n) is 5.62. The van der Waals surface area contributed by atoms with Gasteiger partial charge in [-0.05, 0) is 55.1 Å². The number of nitrogens with zero attached hydrogens (tertiary/aromatic N) is 1. The highest BCUT2D eigenvalue weighted by atomic mass is 79.9. The molecule has 3 rings (SSSR count). The number of aliphatic carboxylic acids is 1. The van der Waals surface area contributed by atoms with Crippen molar-refractivity contribution in [2.24, 2.45) is 5.92 Å². The largest absolute Gasteiger partial charge is 0.481 e.